The van der Waals surface area contributed by atoms with Crippen LogP contribution in [0.5, 0.6) is 0 Å². The number of rotatable bonds is 2. The van der Waals surface area contributed by atoms with E-state index in [1.807, 2.05) is 11.8 Å². The Balaban J connectivity index is 1.44. The Hall–Kier alpha value is -1.74. The highest BCUT2D eigenvalue weighted by Crippen LogP contribution is 2.33. The maximum absolute atomic E-state index is 4.66. The minimum Gasteiger partial charge on any atom is -0.306 e. The first-order valence-corrected chi connectivity index (χ1v) is 8.46. The molecule has 0 amide bonds. The van der Waals surface area contributed by atoms with Crippen LogP contribution in [0.2, 0.25) is 0 Å². The van der Waals surface area contributed by atoms with E-state index in [9.17, 15) is 0 Å². The van der Waals surface area contributed by atoms with Gasteiger partial charge in [-0.05, 0) is 48.1 Å². The van der Waals surface area contributed by atoms with Crippen molar-refractivity contribution in [2.45, 2.75) is 25.3 Å². The number of hydrazone groups is 1. The van der Waals surface area contributed by atoms with Gasteiger partial charge in [0.05, 0.1) is 11.8 Å². The molecule has 2 nitrogen and oxygen atoms in total. The maximum Gasteiger partial charge on any atom is 0.0708 e. The molecule has 4 rings (SSSR count). The largest absolute Gasteiger partial charge is 0.306 e. The Morgan fingerprint density at radius 3 is 2.76 bits per heavy atom. The van der Waals surface area contributed by atoms with Gasteiger partial charge in [0, 0.05) is 10.7 Å². The highest BCUT2D eigenvalue weighted by atomic mass is 32.2. The number of nitrogens with zero attached hydrogens (tertiary/aromatic N) is 1. The molecule has 1 N–H and O–H groups in total. The van der Waals surface area contributed by atoms with Gasteiger partial charge in [0.25, 0.3) is 0 Å². The number of thioether (sulfide) groups is 1. The second-order valence-corrected chi connectivity index (χ2v) is 6.74. The van der Waals surface area contributed by atoms with E-state index < -0.39 is 0 Å². The minimum atomic E-state index is 0.446. The number of hydrogen-bond donors (Lipinski definition) is 1. The fraction of sp³-hybridized carbons (Fsp3) is 0.278. The Labute approximate surface area is 129 Å². The van der Waals surface area contributed by atoms with Gasteiger partial charge in [-0.1, -0.05) is 36.4 Å². The summed E-state index contributed by atoms with van der Waals surface area (Å²) in [5.74, 6) is 0.968. The van der Waals surface area contributed by atoms with Crippen LogP contribution in [0.3, 0.4) is 0 Å². The van der Waals surface area contributed by atoms with Crippen LogP contribution >= 0.6 is 11.8 Å². The zero-order chi connectivity index (χ0) is 14.1. The van der Waals surface area contributed by atoms with Crippen molar-refractivity contribution >= 4 is 17.5 Å². The van der Waals surface area contributed by atoms with Crippen LogP contribution in [0.15, 0.2) is 64.1 Å². The smallest absolute Gasteiger partial charge is 0.0708 e. The van der Waals surface area contributed by atoms with Crippen molar-refractivity contribution in [1.29, 1.82) is 0 Å². The van der Waals surface area contributed by atoms with Crippen LogP contribution < -0.4 is 5.43 Å². The van der Waals surface area contributed by atoms with Gasteiger partial charge in [-0.2, -0.15) is 5.10 Å². The van der Waals surface area contributed by atoms with Crippen molar-refractivity contribution in [3.8, 4) is 0 Å². The van der Waals surface area contributed by atoms with Gasteiger partial charge in [0.15, 0.2) is 0 Å². The summed E-state index contributed by atoms with van der Waals surface area (Å²) in [5.41, 5.74) is 8.89. The van der Waals surface area contributed by atoms with Crippen LogP contribution in [0.1, 0.15) is 17.5 Å². The number of benzene rings is 1. The molecule has 1 aromatic rings. The molecule has 3 aliphatic rings. The molecule has 0 spiro atoms. The number of allylic oxidation sites excluding steroid dienone is 5. The van der Waals surface area contributed by atoms with E-state index >= 15 is 0 Å². The van der Waals surface area contributed by atoms with Gasteiger partial charge >= 0.3 is 0 Å². The average Bonchev–Trinajstić information content (AvgIpc) is 2.95. The Bertz CT molecular complexity index is 657. The predicted molar refractivity (Wildman–Crippen MR) is 90.6 cm³/mol. The first kappa shape index (κ1) is 13.0. The standard InChI is InChI=1S/C18H18N2S/c1-2-6-14-10-16(9-13(14)5-1)19-20-17-11-15-7-3-4-8-18(15)21-12-17/h1-6,8,11,16,19H,7,9-10,12H2. The van der Waals surface area contributed by atoms with Crippen molar-refractivity contribution in [3.05, 3.63) is 70.2 Å². The minimum absolute atomic E-state index is 0.446. The lowest BCUT2D eigenvalue weighted by Gasteiger charge is -2.19. The molecule has 1 heterocycles. The Morgan fingerprint density at radius 2 is 1.95 bits per heavy atom. The summed E-state index contributed by atoms with van der Waals surface area (Å²) in [5, 5.41) is 4.66. The molecule has 0 saturated heterocycles. The van der Waals surface area contributed by atoms with Crippen molar-refractivity contribution in [2.75, 3.05) is 5.75 Å². The molecule has 0 saturated carbocycles. The fourth-order valence-corrected chi connectivity index (χ4v) is 4.07. The van der Waals surface area contributed by atoms with Crippen LogP contribution in [-0.2, 0) is 12.8 Å². The first-order chi connectivity index (χ1) is 10.4. The van der Waals surface area contributed by atoms with Crippen molar-refractivity contribution in [3.63, 3.8) is 0 Å². The number of hydrogen-bond acceptors (Lipinski definition) is 3. The summed E-state index contributed by atoms with van der Waals surface area (Å²) in [6.07, 6.45) is 12.0. The van der Waals surface area contributed by atoms with E-state index in [-0.39, 0.29) is 0 Å². The second-order valence-electron chi connectivity index (χ2n) is 5.73. The van der Waals surface area contributed by atoms with Gasteiger partial charge in [0.2, 0.25) is 0 Å². The molecule has 0 unspecified atom stereocenters. The summed E-state index contributed by atoms with van der Waals surface area (Å²) in [4.78, 5) is 1.41. The lowest BCUT2D eigenvalue weighted by molar-refractivity contribution is 0.557. The zero-order valence-corrected chi connectivity index (χ0v) is 12.7. The molecule has 2 aliphatic carbocycles. The molecule has 0 fully saturated rings. The van der Waals surface area contributed by atoms with Gasteiger partial charge in [-0.3, -0.25) is 0 Å². The van der Waals surface area contributed by atoms with Crippen LogP contribution in [0.25, 0.3) is 0 Å². The molecule has 0 atom stereocenters. The third-order valence-corrected chi connectivity index (χ3v) is 5.35. The molecule has 1 aromatic carbocycles. The normalized spacial score (nSPS) is 22.6. The summed E-state index contributed by atoms with van der Waals surface area (Å²) in [7, 11) is 0. The average molecular weight is 294 g/mol. The van der Waals surface area contributed by atoms with Crippen LogP contribution in [0, 0.1) is 0 Å². The lowest BCUT2D eigenvalue weighted by Crippen LogP contribution is -2.26. The molecular formula is C18H18N2S. The van der Waals surface area contributed by atoms with Gasteiger partial charge in [-0.15, -0.1) is 11.8 Å². The van der Waals surface area contributed by atoms with E-state index in [0.717, 1.165) is 25.0 Å². The maximum atomic E-state index is 4.66. The van der Waals surface area contributed by atoms with E-state index in [0.29, 0.717) is 6.04 Å². The van der Waals surface area contributed by atoms with Gasteiger partial charge < -0.3 is 5.43 Å². The van der Waals surface area contributed by atoms with Gasteiger partial charge in [0.1, 0.15) is 0 Å². The highest BCUT2D eigenvalue weighted by molar-refractivity contribution is 8.04. The number of nitrogens with one attached hydrogen (secondary N) is 1. The van der Waals surface area contributed by atoms with Crippen molar-refractivity contribution in [2.24, 2.45) is 5.10 Å². The summed E-state index contributed by atoms with van der Waals surface area (Å²) in [6, 6.07) is 9.16. The van der Waals surface area contributed by atoms with Gasteiger partial charge in [-0.25, -0.2) is 0 Å². The number of fused-ring (bicyclic) bond motifs is 2. The first-order valence-electron chi connectivity index (χ1n) is 7.48. The SMILES string of the molecule is C1=CCC2=CC(=NNC3Cc4ccccc4C3)CSC2=C1. The molecule has 0 bridgehead atoms. The fourth-order valence-electron chi connectivity index (χ4n) is 3.11. The molecule has 0 radical (unpaired) electrons. The predicted octanol–water partition coefficient (Wildman–Crippen LogP) is 3.62. The van der Waals surface area contributed by atoms with E-state index in [1.54, 1.807) is 0 Å². The third kappa shape index (κ3) is 2.70. The molecule has 3 heteroatoms. The quantitative estimate of drug-likeness (QED) is 0.843. The van der Waals surface area contributed by atoms with Crippen LogP contribution in [-0.4, -0.2) is 17.5 Å². The summed E-state index contributed by atoms with van der Waals surface area (Å²) in [6.45, 7) is 0. The molecule has 21 heavy (non-hydrogen) atoms. The Morgan fingerprint density at radius 1 is 1.14 bits per heavy atom. The zero-order valence-electron chi connectivity index (χ0n) is 11.9. The van der Waals surface area contributed by atoms with Crippen molar-refractivity contribution in [1.82, 2.24) is 5.43 Å². The summed E-state index contributed by atoms with van der Waals surface area (Å²) >= 11 is 1.90. The monoisotopic (exact) mass is 294 g/mol. The second kappa shape index (κ2) is 5.57. The topological polar surface area (TPSA) is 24.4 Å². The van der Waals surface area contributed by atoms with E-state index in [2.05, 4.69) is 59.1 Å². The Kier molecular flexibility index (Phi) is 3.44. The highest BCUT2D eigenvalue weighted by Gasteiger charge is 2.21. The molecule has 1 aliphatic heterocycles. The van der Waals surface area contributed by atoms with E-state index in [1.165, 1.54) is 27.3 Å². The van der Waals surface area contributed by atoms with Crippen molar-refractivity contribution < 1.29 is 0 Å². The third-order valence-electron chi connectivity index (χ3n) is 4.20. The summed E-state index contributed by atoms with van der Waals surface area (Å²) < 4.78 is 0. The molecule has 0 aromatic heterocycles. The lowest BCUT2D eigenvalue weighted by atomic mass is 10.1. The van der Waals surface area contributed by atoms with Crippen LogP contribution in [0.4, 0.5) is 0 Å². The molecule has 106 valence electrons. The van der Waals surface area contributed by atoms with E-state index in [4.69, 9.17) is 0 Å². The molecular weight excluding hydrogens is 276 g/mol.